The molecule has 0 atom stereocenters. The van der Waals surface area contributed by atoms with E-state index in [0.717, 1.165) is 36.7 Å². The fourth-order valence-electron chi connectivity index (χ4n) is 2.15. The minimum Gasteiger partial charge on any atom is -0.493 e. The molecule has 0 aliphatic heterocycles. The Kier molecular flexibility index (Phi) is 3.42. The molecule has 0 heterocycles. The first-order valence-corrected chi connectivity index (χ1v) is 7.36. The van der Waals surface area contributed by atoms with E-state index in [1.54, 1.807) is 0 Å². The number of nitrogens with two attached hydrogens (primary N) is 1. The van der Waals surface area contributed by atoms with Crippen LogP contribution in [0.2, 0.25) is 0 Å². The van der Waals surface area contributed by atoms with E-state index >= 15 is 0 Å². The maximum absolute atomic E-state index is 11.9. The van der Waals surface area contributed by atoms with Crippen molar-refractivity contribution in [2.24, 2.45) is 11.7 Å². The molecule has 4 heteroatoms. The van der Waals surface area contributed by atoms with Crippen LogP contribution < -0.4 is 15.8 Å². The predicted octanol–water partition coefficient (Wildman–Crippen LogP) is 1.89. The number of hydrogen-bond donors (Lipinski definition) is 2. The summed E-state index contributed by atoms with van der Waals surface area (Å²) in [5.74, 6) is 1.56. The molecule has 1 aromatic rings. The van der Waals surface area contributed by atoms with Crippen LogP contribution in [0.15, 0.2) is 18.2 Å². The third kappa shape index (κ3) is 3.12. The second kappa shape index (κ2) is 5.09. The second-order valence-corrected chi connectivity index (χ2v) is 6.20. The van der Waals surface area contributed by atoms with E-state index in [9.17, 15) is 4.79 Å². The zero-order valence-corrected chi connectivity index (χ0v) is 11.9. The molecule has 0 aromatic heterocycles. The molecular weight excluding hydrogens is 252 g/mol. The topological polar surface area (TPSA) is 64.4 Å². The number of benzene rings is 1. The lowest BCUT2D eigenvalue weighted by molar-refractivity contribution is -0.123. The van der Waals surface area contributed by atoms with Gasteiger partial charge in [0, 0.05) is 12.1 Å². The molecule has 0 spiro atoms. The maximum Gasteiger partial charge on any atom is 0.240 e. The van der Waals surface area contributed by atoms with Gasteiger partial charge in [0.15, 0.2) is 0 Å². The number of carbonyl (C=O) groups is 1. The van der Waals surface area contributed by atoms with Crippen LogP contribution in [0.4, 0.5) is 0 Å². The summed E-state index contributed by atoms with van der Waals surface area (Å²) in [6, 6.07) is 6.11. The van der Waals surface area contributed by atoms with Crippen LogP contribution in [0, 0.1) is 12.8 Å². The minimum absolute atomic E-state index is 0.0498. The van der Waals surface area contributed by atoms with Crippen LogP contribution >= 0.6 is 0 Å². The van der Waals surface area contributed by atoms with Crippen molar-refractivity contribution in [3.05, 3.63) is 29.3 Å². The maximum atomic E-state index is 11.9. The van der Waals surface area contributed by atoms with Gasteiger partial charge in [0.05, 0.1) is 12.1 Å². The molecule has 2 saturated carbocycles. The van der Waals surface area contributed by atoms with Gasteiger partial charge in [-0.3, -0.25) is 4.79 Å². The zero-order valence-electron chi connectivity index (χ0n) is 11.9. The van der Waals surface area contributed by atoms with Gasteiger partial charge in [0.25, 0.3) is 0 Å². The van der Waals surface area contributed by atoms with Gasteiger partial charge in [0.2, 0.25) is 5.91 Å². The molecule has 0 bridgehead atoms. The number of rotatable bonds is 6. The fraction of sp³-hybridized carbons (Fsp3) is 0.562. The zero-order chi connectivity index (χ0) is 14.2. The largest absolute Gasteiger partial charge is 0.493 e. The lowest BCUT2D eigenvalue weighted by Gasteiger charge is -2.14. The van der Waals surface area contributed by atoms with Crippen LogP contribution in [0.25, 0.3) is 0 Å². The van der Waals surface area contributed by atoms with Gasteiger partial charge in [-0.15, -0.1) is 0 Å². The summed E-state index contributed by atoms with van der Waals surface area (Å²) in [4.78, 5) is 11.9. The number of amides is 1. The van der Waals surface area contributed by atoms with Crippen molar-refractivity contribution < 1.29 is 9.53 Å². The summed E-state index contributed by atoms with van der Waals surface area (Å²) in [6.45, 7) is 3.31. The summed E-state index contributed by atoms with van der Waals surface area (Å²) < 4.78 is 5.89. The number of aryl methyl sites for hydroxylation is 1. The van der Waals surface area contributed by atoms with Crippen LogP contribution in [0.1, 0.15) is 36.8 Å². The van der Waals surface area contributed by atoms with Crippen molar-refractivity contribution in [3.8, 4) is 5.75 Å². The molecule has 1 aromatic carbocycles. The van der Waals surface area contributed by atoms with E-state index in [2.05, 4.69) is 5.32 Å². The average Bonchev–Trinajstić information content (AvgIpc) is 3.32. The van der Waals surface area contributed by atoms with Crippen LogP contribution in [0.5, 0.6) is 5.75 Å². The number of hydrogen-bond acceptors (Lipinski definition) is 3. The monoisotopic (exact) mass is 274 g/mol. The van der Waals surface area contributed by atoms with E-state index in [1.807, 2.05) is 25.1 Å². The van der Waals surface area contributed by atoms with Crippen molar-refractivity contribution in [3.63, 3.8) is 0 Å². The molecule has 20 heavy (non-hydrogen) atoms. The summed E-state index contributed by atoms with van der Waals surface area (Å²) in [6.07, 6.45) is 4.12. The van der Waals surface area contributed by atoms with Crippen molar-refractivity contribution in [1.82, 2.24) is 5.32 Å². The number of nitrogens with one attached hydrogen (secondary N) is 1. The molecule has 1 amide bonds. The molecule has 2 aliphatic carbocycles. The first kappa shape index (κ1) is 13.4. The Hall–Kier alpha value is -1.55. The van der Waals surface area contributed by atoms with Crippen molar-refractivity contribution in [1.29, 1.82) is 0 Å². The minimum atomic E-state index is -0.611. The molecule has 4 nitrogen and oxygen atoms in total. The first-order chi connectivity index (χ1) is 9.57. The van der Waals surface area contributed by atoms with Gasteiger partial charge in [-0.25, -0.2) is 0 Å². The summed E-state index contributed by atoms with van der Waals surface area (Å²) in [7, 11) is 0. The molecule has 0 unspecified atom stereocenters. The highest BCUT2D eigenvalue weighted by Gasteiger charge is 2.45. The number of carbonyl (C=O) groups excluding carboxylic acids is 1. The average molecular weight is 274 g/mol. The van der Waals surface area contributed by atoms with Crippen molar-refractivity contribution in [2.75, 3.05) is 6.61 Å². The SMILES string of the molecule is Cc1ccc(CNC(=O)C2(N)CC2)c(OCC2CC2)c1. The standard InChI is InChI=1S/C16H22N2O2/c1-11-2-5-13(9-18-15(19)16(17)6-7-16)14(8-11)20-10-12-3-4-12/h2,5,8,12H,3-4,6-7,9-10,17H2,1H3,(H,18,19). The molecule has 3 rings (SSSR count). The Balaban J connectivity index is 1.62. The molecule has 108 valence electrons. The Morgan fingerprint density at radius 2 is 2.20 bits per heavy atom. The Bertz CT molecular complexity index is 519. The van der Waals surface area contributed by atoms with Crippen LogP contribution in [-0.4, -0.2) is 18.1 Å². The molecule has 0 radical (unpaired) electrons. The third-order valence-electron chi connectivity index (χ3n) is 4.07. The quantitative estimate of drug-likeness (QED) is 0.832. The van der Waals surface area contributed by atoms with E-state index < -0.39 is 5.54 Å². The predicted molar refractivity (Wildman–Crippen MR) is 77.4 cm³/mol. The lowest BCUT2D eigenvalue weighted by Crippen LogP contribution is -2.42. The second-order valence-electron chi connectivity index (χ2n) is 6.20. The van der Waals surface area contributed by atoms with Gasteiger partial charge < -0.3 is 15.8 Å². The number of ether oxygens (including phenoxy) is 1. The van der Waals surface area contributed by atoms with E-state index in [1.165, 1.54) is 18.4 Å². The summed E-state index contributed by atoms with van der Waals surface area (Å²) >= 11 is 0. The molecule has 2 fully saturated rings. The molecule has 0 saturated heterocycles. The van der Waals surface area contributed by atoms with Gasteiger partial charge in [-0.05, 0) is 50.2 Å². The highest BCUT2D eigenvalue weighted by molar-refractivity contribution is 5.88. The van der Waals surface area contributed by atoms with Crippen LogP contribution in [0.3, 0.4) is 0 Å². The molecule has 2 aliphatic rings. The van der Waals surface area contributed by atoms with Crippen molar-refractivity contribution >= 4 is 5.91 Å². The third-order valence-corrected chi connectivity index (χ3v) is 4.07. The first-order valence-electron chi connectivity index (χ1n) is 7.36. The van der Waals surface area contributed by atoms with E-state index in [0.29, 0.717) is 6.54 Å². The van der Waals surface area contributed by atoms with Gasteiger partial charge in [-0.2, -0.15) is 0 Å². The van der Waals surface area contributed by atoms with Gasteiger partial charge >= 0.3 is 0 Å². The van der Waals surface area contributed by atoms with Gasteiger partial charge in [0.1, 0.15) is 5.75 Å². The summed E-state index contributed by atoms with van der Waals surface area (Å²) in [5.41, 5.74) is 7.46. The Labute approximate surface area is 119 Å². The summed E-state index contributed by atoms with van der Waals surface area (Å²) in [5, 5.41) is 2.92. The Morgan fingerprint density at radius 1 is 1.45 bits per heavy atom. The highest BCUT2D eigenvalue weighted by atomic mass is 16.5. The Morgan fingerprint density at radius 3 is 2.85 bits per heavy atom. The highest BCUT2D eigenvalue weighted by Crippen LogP contribution is 2.33. The fourth-order valence-corrected chi connectivity index (χ4v) is 2.15. The normalized spacial score (nSPS) is 19.5. The van der Waals surface area contributed by atoms with E-state index in [-0.39, 0.29) is 5.91 Å². The molecule has 3 N–H and O–H groups in total. The smallest absolute Gasteiger partial charge is 0.240 e. The van der Waals surface area contributed by atoms with Crippen molar-refractivity contribution in [2.45, 2.75) is 44.7 Å². The lowest BCUT2D eigenvalue weighted by atomic mass is 10.1. The molecular formula is C16H22N2O2. The van der Waals surface area contributed by atoms with E-state index in [4.69, 9.17) is 10.5 Å². The van der Waals surface area contributed by atoms with Gasteiger partial charge in [-0.1, -0.05) is 12.1 Å². The van der Waals surface area contributed by atoms with Crippen LogP contribution in [-0.2, 0) is 11.3 Å².